The molecule has 0 unspecified atom stereocenters. The van der Waals surface area contributed by atoms with E-state index < -0.39 is 4.92 Å². The van der Waals surface area contributed by atoms with Gasteiger partial charge in [-0.2, -0.15) is 0 Å². The Bertz CT molecular complexity index is 296. The highest BCUT2D eigenvalue weighted by Gasteiger charge is 2.19. The Morgan fingerprint density at radius 3 is 1.93 bits per heavy atom. The molecule has 0 aromatic heterocycles. The largest absolute Gasteiger partial charge is 0.512 e. The van der Waals surface area contributed by atoms with Crippen LogP contribution in [-0.2, 0) is 0 Å². The summed E-state index contributed by atoms with van der Waals surface area (Å²) in [7, 11) is 0. The van der Waals surface area contributed by atoms with E-state index in [9.17, 15) is 15.2 Å². The molecule has 0 aliphatic carbocycles. The highest BCUT2D eigenvalue weighted by molar-refractivity contribution is 5.33. The van der Waals surface area contributed by atoms with E-state index in [1.165, 1.54) is 13.8 Å². The maximum atomic E-state index is 10.6. The van der Waals surface area contributed by atoms with Crippen LogP contribution in [-0.4, -0.2) is 10.0 Å². The molecule has 0 fully saturated rings. The number of hydrogen-bond donors (Lipinski definition) is 1. The summed E-state index contributed by atoms with van der Waals surface area (Å²) < 4.78 is 0. The molecule has 0 saturated heterocycles. The Morgan fingerprint density at radius 1 is 1.29 bits per heavy atom. The molecule has 80 valence electrons. The van der Waals surface area contributed by atoms with Crippen molar-refractivity contribution in [3.63, 3.8) is 0 Å². The van der Waals surface area contributed by atoms with Gasteiger partial charge in [-0.05, 0) is 25.3 Å². The van der Waals surface area contributed by atoms with Crippen LogP contribution in [0.4, 0.5) is 0 Å². The number of nitro groups is 1. The third-order valence-electron chi connectivity index (χ3n) is 2.19. The fraction of sp³-hybridized carbons (Fsp3) is 0.600. The van der Waals surface area contributed by atoms with Crippen molar-refractivity contribution in [1.82, 2.24) is 0 Å². The minimum absolute atomic E-state index is 0.0301. The van der Waals surface area contributed by atoms with E-state index >= 15 is 0 Å². The molecule has 0 saturated carbocycles. The van der Waals surface area contributed by atoms with Crippen molar-refractivity contribution in [3.8, 4) is 0 Å². The molecule has 4 nitrogen and oxygen atoms in total. The van der Waals surface area contributed by atoms with Crippen molar-refractivity contribution in [3.05, 3.63) is 32.7 Å². The molecule has 4 heteroatoms. The second kappa shape index (κ2) is 4.79. The number of nitrogens with zero attached hydrogens (tertiary/aromatic N) is 1. The van der Waals surface area contributed by atoms with Crippen LogP contribution < -0.4 is 0 Å². The molecule has 1 N–H and O–H groups in total. The van der Waals surface area contributed by atoms with E-state index in [2.05, 4.69) is 0 Å². The van der Waals surface area contributed by atoms with Gasteiger partial charge in [-0.1, -0.05) is 13.8 Å². The van der Waals surface area contributed by atoms with Gasteiger partial charge in [0.05, 0.1) is 10.7 Å². The van der Waals surface area contributed by atoms with Gasteiger partial charge in [0.2, 0.25) is 5.70 Å². The van der Waals surface area contributed by atoms with E-state index in [4.69, 9.17) is 0 Å². The first-order chi connectivity index (χ1) is 6.29. The van der Waals surface area contributed by atoms with Crippen LogP contribution in [0.25, 0.3) is 0 Å². The average molecular weight is 199 g/mol. The first-order valence-corrected chi connectivity index (χ1v) is 4.51. The fourth-order valence-corrected chi connectivity index (χ4v) is 1.42. The lowest BCUT2D eigenvalue weighted by Crippen LogP contribution is -2.07. The van der Waals surface area contributed by atoms with E-state index in [0.717, 1.165) is 0 Å². The zero-order valence-corrected chi connectivity index (χ0v) is 9.29. The van der Waals surface area contributed by atoms with E-state index in [-0.39, 0.29) is 17.4 Å². The molecule has 14 heavy (non-hydrogen) atoms. The standard InChI is InChI=1S/C10H17NO3/c1-6(2)10(7(3)9(5)12)8(4)11(13)14/h6,12H,1-5H3/b9-7+,10-8+. The lowest BCUT2D eigenvalue weighted by atomic mass is 9.94. The number of hydrogen-bond acceptors (Lipinski definition) is 3. The first kappa shape index (κ1) is 12.7. The lowest BCUT2D eigenvalue weighted by Gasteiger charge is -2.12. The zero-order valence-electron chi connectivity index (χ0n) is 9.29. The van der Waals surface area contributed by atoms with Crippen molar-refractivity contribution in [1.29, 1.82) is 0 Å². The molecule has 0 aromatic carbocycles. The van der Waals surface area contributed by atoms with Crippen molar-refractivity contribution in [2.45, 2.75) is 34.6 Å². The second-order valence-electron chi connectivity index (χ2n) is 3.62. The number of rotatable bonds is 3. The predicted molar refractivity (Wildman–Crippen MR) is 55.5 cm³/mol. The molecule has 0 amide bonds. The number of allylic oxidation sites excluding steroid dienone is 4. The van der Waals surface area contributed by atoms with Gasteiger partial charge in [-0.3, -0.25) is 10.1 Å². The summed E-state index contributed by atoms with van der Waals surface area (Å²) in [6.07, 6.45) is 0. The first-order valence-electron chi connectivity index (χ1n) is 4.51. The smallest absolute Gasteiger partial charge is 0.246 e. The molecule has 0 aliphatic heterocycles. The third kappa shape index (κ3) is 2.87. The van der Waals surface area contributed by atoms with Gasteiger partial charge in [-0.15, -0.1) is 0 Å². The van der Waals surface area contributed by atoms with Gasteiger partial charge < -0.3 is 5.11 Å². The van der Waals surface area contributed by atoms with Crippen molar-refractivity contribution < 1.29 is 10.0 Å². The Hall–Kier alpha value is -1.32. The quantitative estimate of drug-likeness (QED) is 0.329. The van der Waals surface area contributed by atoms with Gasteiger partial charge in [0.1, 0.15) is 0 Å². The molecule has 0 bridgehead atoms. The molecule has 0 rings (SSSR count). The summed E-state index contributed by atoms with van der Waals surface area (Å²) >= 11 is 0. The SMILES string of the molecule is C/C(O)=C(C)\C(=C(/C)[N+](=O)[O-])C(C)C. The molecule has 0 atom stereocenters. The van der Waals surface area contributed by atoms with Crippen LogP contribution in [0, 0.1) is 16.0 Å². The summed E-state index contributed by atoms with van der Waals surface area (Å²) in [6, 6.07) is 0. The molecular formula is C10H17NO3. The Morgan fingerprint density at radius 2 is 1.71 bits per heavy atom. The monoisotopic (exact) mass is 199 g/mol. The topological polar surface area (TPSA) is 63.4 Å². The van der Waals surface area contributed by atoms with Crippen LogP contribution in [0.5, 0.6) is 0 Å². The van der Waals surface area contributed by atoms with Crippen LogP contribution in [0.3, 0.4) is 0 Å². The van der Waals surface area contributed by atoms with Gasteiger partial charge in [0.15, 0.2) is 0 Å². The van der Waals surface area contributed by atoms with Crippen LogP contribution in [0.2, 0.25) is 0 Å². The molecular weight excluding hydrogens is 182 g/mol. The molecule has 0 radical (unpaired) electrons. The van der Waals surface area contributed by atoms with Gasteiger partial charge in [-0.25, -0.2) is 0 Å². The normalized spacial score (nSPS) is 15.0. The number of aliphatic hydroxyl groups excluding tert-OH is 1. The summed E-state index contributed by atoms with van der Waals surface area (Å²) in [5, 5.41) is 19.9. The van der Waals surface area contributed by atoms with Gasteiger partial charge >= 0.3 is 0 Å². The van der Waals surface area contributed by atoms with E-state index in [1.807, 2.05) is 13.8 Å². The maximum absolute atomic E-state index is 10.6. The van der Waals surface area contributed by atoms with Crippen molar-refractivity contribution in [2.24, 2.45) is 5.92 Å². The van der Waals surface area contributed by atoms with E-state index in [1.54, 1.807) is 6.92 Å². The summed E-state index contributed by atoms with van der Waals surface area (Å²) in [5.74, 6) is 0.164. The second-order valence-corrected chi connectivity index (χ2v) is 3.62. The highest BCUT2D eigenvalue weighted by atomic mass is 16.6. The van der Waals surface area contributed by atoms with Crippen molar-refractivity contribution >= 4 is 0 Å². The molecule has 0 spiro atoms. The fourth-order valence-electron chi connectivity index (χ4n) is 1.42. The van der Waals surface area contributed by atoms with E-state index in [0.29, 0.717) is 11.1 Å². The van der Waals surface area contributed by atoms with Crippen LogP contribution >= 0.6 is 0 Å². The lowest BCUT2D eigenvalue weighted by molar-refractivity contribution is -0.425. The van der Waals surface area contributed by atoms with Crippen molar-refractivity contribution in [2.75, 3.05) is 0 Å². The van der Waals surface area contributed by atoms with Crippen LogP contribution in [0.15, 0.2) is 22.6 Å². The minimum atomic E-state index is -0.415. The van der Waals surface area contributed by atoms with Gasteiger partial charge in [0, 0.05) is 12.5 Å². The minimum Gasteiger partial charge on any atom is -0.512 e. The maximum Gasteiger partial charge on any atom is 0.246 e. The Kier molecular flexibility index (Phi) is 4.34. The summed E-state index contributed by atoms with van der Waals surface area (Å²) in [6.45, 7) is 8.42. The third-order valence-corrected chi connectivity index (χ3v) is 2.19. The van der Waals surface area contributed by atoms with Gasteiger partial charge in [0.25, 0.3) is 0 Å². The number of aliphatic hydroxyl groups is 1. The summed E-state index contributed by atoms with van der Waals surface area (Å²) in [4.78, 5) is 10.2. The highest BCUT2D eigenvalue weighted by Crippen LogP contribution is 2.24. The predicted octanol–water partition coefficient (Wildman–Crippen LogP) is 3.05. The Balaban J connectivity index is 5.50. The Labute approximate surface area is 84.1 Å². The van der Waals surface area contributed by atoms with Crippen LogP contribution in [0.1, 0.15) is 34.6 Å². The molecule has 0 heterocycles. The zero-order chi connectivity index (χ0) is 11.5. The molecule has 0 aromatic rings. The summed E-state index contributed by atoms with van der Waals surface area (Å²) in [5.41, 5.74) is 1.30. The average Bonchev–Trinajstić information content (AvgIpc) is 2.03. The molecule has 0 aliphatic rings.